The zero-order valence-corrected chi connectivity index (χ0v) is 52.3. The van der Waals surface area contributed by atoms with E-state index >= 15 is 0 Å². The smallest absolute Gasteiger partial charge is 0.246 e. The molecular formula is C60H79Cl2N9O11S2. The van der Waals surface area contributed by atoms with Gasteiger partial charge in [-0.15, -0.1) is 22.9 Å². The number of aryl methyl sites for hydroxylation is 1. The van der Waals surface area contributed by atoms with Crippen molar-refractivity contribution in [2.75, 3.05) is 89.8 Å². The number of likely N-dealkylation sites (N-methyl/N-ethyl adjacent to an activating group) is 1. The number of ether oxygens (including phenoxy) is 5. The van der Waals surface area contributed by atoms with Crippen LogP contribution in [0.3, 0.4) is 0 Å². The summed E-state index contributed by atoms with van der Waals surface area (Å²) in [6.07, 6.45) is 3.44. The highest BCUT2D eigenvalue weighted by atomic mass is 35.5. The maximum absolute atomic E-state index is 14.2. The van der Waals surface area contributed by atoms with Gasteiger partial charge in [-0.2, -0.15) is 5.26 Å². The van der Waals surface area contributed by atoms with Crippen molar-refractivity contribution in [1.82, 2.24) is 35.4 Å². The molecule has 4 N–H and O–H groups in total. The van der Waals surface area contributed by atoms with Crippen molar-refractivity contribution in [3.8, 4) is 28.0 Å². The average Bonchev–Trinajstić information content (AvgIpc) is 4.10. The van der Waals surface area contributed by atoms with E-state index in [4.69, 9.17) is 46.9 Å². The number of hydrogen-bond acceptors (Lipinski definition) is 17. The number of unbranched alkanes of at least 4 members (excludes halogenated alkanes) is 2. The molecule has 0 unspecified atom stereocenters. The van der Waals surface area contributed by atoms with Crippen molar-refractivity contribution in [2.24, 2.45) is 5.41 Å². The van der Waals surface area contributed by atoms with Crippen molar-refractivity contribution in [3.05, 3.63) is 117 Å². The van der Waals surface area contributed by atoms with Crippen LogP contribution in [-0.2, 0) is 50.6 Å². The number of rotatable bonds is 33. The van der Waals surface area contributed by atoms with Gasteiger partial charge in [0.2, 0.25) is 33.7 Å². The Morgan fingerprint density at radius 1 is 0.881 bits per heavy atom. The molecule has 1 saturated heterocycles. The third-order valence-corrected chi connectivity index (χ3v) is 16.6. The second-order valence-corrected chi connectivity index (χ2v) is 25.9. The van der Waals surface area contributed by atoms with Crippen LogP contribution in [-0.4, -0.2) is 159 Å². The minimum atomic E-state index is -3.81. The van der Waals surface area contributed by atoms with E-state index in [-0.39, 0.29) is 69.5 Å². The molecule has 1 aliphatic heterocycles. The first-order valence-electron chi connectivity index (χ1n) is 27.9. The molecule has 4 atom stereocenters. The van der Waals surface area contributed by atoms with Gasteiger partial charge in [-0.25, -0.2) is 23.4 Å². The molecule has 3 heterocycles. The molecule has 3 amide bonds. The van der Waals surface area contributed by atoms with Gasteiger partial charge in [-0.05, 0) is 105 Å². The first-order chi connectivity index (χ1) is 40.0. The summed E-state index contributed by atoms with van der Waals surface area (Å²) in [5, 5.41) is 26.8. The van der Waals surface area contributed by atoms with E-state index in [2.05, 4.69) is 36.4 Å². The molecule has 1 fully saturated rings. The minimum absolute atomic E-state index is 0.0146. The van der Waals surface area contributed by atoms with Crippen LogP contribution in [0.1, 0.15) is 106 Å². The quantitative estimate of drug-likeness (QED) is 0.0228. The summed E-state index contributed by atoms with van der Waals surface area (Å²) in [5.74, 6) is -0.550. The van der Waals surface area contributed by atoms with Crippen LogP contribution in [0.25, 0.3) is 10.4 Å². The molecule has 0 bridgehead atoms. The van der Waals surface area contributed by atoms with Crippen molar-refractivity contribution < 1.29 is 51.6 Å². The number of nitrogens with one attached hydrogen (secondary N) is 3. The van der Waals surface area contributed by atoms with Crippen molar-refractivity contribution >= 4 is 68.2 Å². The monoisotopic (exact) mass is 1240 g/mol. The maximum Gasteiger partial charge on any atom is 0.246 e. The second kappa shape index (κ2) is 31.9. The summed E-state index contributed by atoms with van der Waals surface area (Å²) in [6.45, 7) is 13.5. The van der Waals surface area contributed by atoms with Crippen molar-refractivity contribution in [2.45, 2.75) is 110 Å². The third-order valence-electron chi connectivity index (χ3n) is 14.0. The van der Waals surface area contributed by atoms with Crippen LogP contribution >= 0.6 is 34.5 Å². The van der Waals surface area contributed by atoms with Gasteiger partial charge in [-0.1, -0.05) is 82.6 Å². The number of anilines is 1. The molecule has 1 aliphatic rings. The number of halogens is 2. The number of hydrogen-bond donors (Lipinski definition) is 4. The highest BCUT2D eigenvalue weighted by molar-refractivity contribution is 7.92. The number of thiazole rings is 1. The van der Waals surface area contributed by atoms with E-state index < -0.39 is 56.9 Å². The second-order valence-electron chi connectivity index (χ2n) is 22.4. The molecule has 0 aliphatic carbocycles. The number of nitriles is 1. The number of aliphatic hydroxyl groups is 1. The predicted molar refractivity (Wildman–Crippen MR) is 325 cm³/mol. The van der Waals surface area contributed by atoms with Crippen LogP contribution in [0.2, 0.25) is 5.02 Å². The Kier molecular flexibility index (Phi) is 25.5. The van der Waals surface area contributed by atoms with Crippen LogP contribution < -0.4 is 24.8 Å². The van der Waals surface area contributed by atoms with E-state index in [0.717, 1.165) is 45.7 Å². The number of aromatic nitrogens is 3. The summed E-state index contributed by atoms with van der Waals surface area (Å²) < 4.78 is 56.6. The lowest BCUT2D eigenvalue weighted by Gasteiger charge is -2.35. The molecule has 84 heavy (non-hydrogen) atoms. The van der Waals surface area contributed by atoms with Gasteiger partial charge in [0.15, 0.2) is 5.75 Å². The summed E-state index contributed by atoms with van der Waals surface area (Å²) in [5.41, 5.74) is 6.01. The number of aliphatic hydroxyl groups excluding tert-OH is 1. The van der Waals surface area contributed by atoms with E-state index in [9.17, 15) is 33.2 Å². The Bertz CT molecular complexity index is 3100. The molecule has 3 aromatic carbocycles. The summed E-state index contributed by atoms with van der Waals surface area (Å²) in [7, 11) is 0.0329. The molecule has 456 valence electrons. The Morgan fingerprint density at radius 2 is 1.57 bits per heavy atom. The van der Waals surface area contributed by atoms with E-state index in [1.807, 2.05) is 115 Å². The van der Waals surface area contributed by atoms with Gasteiger partial charge in [0, 0.05) is 57.5 Å². The zero-order chi connectivity index (χ0) is 61.0. The zero-order valence-electron chi connectivity index (χ0n) is 49.1. The average molecular weight is 1240 g/mol. The molecule has 20 nitrogen and oxygen atoms in total. The molecule has 0 spiro atoms. The molecule has 24 heteroatoms. The lowest BCUT2D eigenvalue weighted by atomic mass is 9.77. The fourth-order valence-corrected chi connectivity index (χ4v) is 11.3. The molecule has 6 rings (SSSR count). The lowest BCUT2D eigenvalue weighted by Crippen LogP contribution is -2.58. The van der Waals surface area contributed by atoms with Crippen molar-refractivity contribution in [1.29, 1.82) is 5.26 Å². The number of carbonyl (C=O) groups excluding carboxylic acids is 3. The summed E-state index contributed by atoms with van der Waals surface area (Å²) >= 11 is 13.9. The van der Waals surface area contributed by atoms with E-state index in [1.165, 1.54) is 11.1 Å². The van der Waals surface area contributed by atoms with Crippen LogP contribution in [0, 0.1) is 23.7 Å². The number of β-amino-alcohol motifs (C(OH)–C–C–N with tert-alkyl or cyclic N) is 1. The number of benzene rings is 3. The fraction of sp³-hybridized carbons (Fsp3) is 0.517. The SMILES string of the molecule is Cc1ncsc1-c1ccc([C@H](CN(C)C)NC(=O)[C@@H]2C[C@@H](O)CN2C(=O)[C@@H](NC(=O)COCCCOCCCCCOCCS(=O)(=O)Nc2nccc(COc3ccc(C(C)(C)c4cc(Cl)c(OCCCl)c(C#N)c4)cc3)n2)C(C)(C)C)cc1. The standard InChI is InChI=1S/C60H79Cl2N9O11S2/c1-40-54(83-39-65-40)42-15-13-41(14-16-42)50(36-70(7)8)67-56(74)51-33-47(72)35-71(51)57(75)55(59(2,3)4)68-52(73)38-80-27-12-26-78-24-10-9-11-25-79-29-30-84(76,77)69-58-64-23-21-46(66-58)37-82-48-19-17-44(18-20-48)60(5,6)45-31-43(34-63)53(49(62)32-45)81-28-22-61/h13-21,23,31-32,39,47,50-51,55,72H,9-12,22,24-30,33,35-38H2,1-8H3,(H,67,74)(H,68,73)(H,64,66,69)/t47-,50+,51+,55-/m1/s1. The predicted octanol–water partition coefficient (Wildman–Crippen LogP) is 8.22. The number of amides is 3. The number of carbonyl (C=O) groups is 3. The Morgan fingerprint density at radius 3 is 2.23 bits per heavy atom. The number of likely N-dealkylation sites (tertiary alicyclic amines) is 1. The van der Waals surface area contributed by atoms with Gasteiger partial charge in [0.1, 0.15) is 43.7 Å². The Hall–Kier alpha value is -6.00. The fourth-order valence-electron chi connectivity index (χ4n) is 9.35. The summed E-state index contributed by atoms with van der Waals surface area (Å²) in [6, 6.07) is 20.5. The molecule has 5 aromatic rings. The number of alkyl halides is 1. The van der Waals surface area contributed by atoms with Gasteiger partial charge < -0.3 is 49.2 Å². The Balaban J connectivity index is 0.824. The number of sulfonamides is 1. The highest BCUT2D eigenvalue weighted by Gasteiger charge is 2.45. The van der Waals surface area contributed by atoms with Gasteiger partial charge in [0.05, 0.1) is 62.7 Å². The van der Waals surface area contributed by atoms with Crippen LogP contribution in [0.4, 0.5) is 5.95 Å². The molecule has 0 radical (unpaired) electrons. The van der Waals surface area contributed by atoms with Crippen LogP contribution in [0.15, 0.2) is 78.4 Å². The van der Waals surface area contributed by atoms with Crippen molar-refractivity contribution in [3.63, 3.8) is 0 Å². The van der Waals surface area contributed by atoms with Gasteiger partial charge in [-0.3, -0.25) is 19.1 Å². The largest absolute Gasteiger partial charge is 0.489 e. The number of nitrogens with zero attached hydrogens (tertiary/aromatic N) is 6. The normalized spacial score (nSPS) is 15.3. The lowest BCUT2D eigenvalue weighted by molar-refractivity contribution is -0.144. The minimum Gasteiger partial charge on any atom is -0.489 e. The third kappa shape index (κ3) is 20.1. The topological polar surface area (TPSA) is 257 Å². The van der Waals surface area contributed by atoms with E-state index in [1.54, 1.807) is 29.5 Å². The maximum atomic E-state index is 14.2. The Labute approximate surface area is 508 Å². The summed E-state index contributed by atoms with van der Waals surface area (Å²) in [4.78, 5) is 58.5. The van der Waals surface area contributed by atoms with Gasteiger partial charge in [0.25, 0.3) is 0 Å². The van der Waals surface area contributed by atoms with Gasteiger partial charge >= 0.3 is 0 Å². The highest BCUT2D eigenvalue weighted by Crippen LogP contribution is 2.39. The van der Waals surface area contributed by atoms with E-state index in [0.29, 0.717) is 67.0 Å². The van der Waals surface area contributed by atoms with Crippen LogP contribution in [0.5, 0.6) is 11.5 Å². The first kappa shape index (κ1) is 67.1. The molecule has 0 saturated carbocycles. The molecule has 2 aromatic heterocycles. The molecular weight excluding hydrogens is 1160 g/mol. The first-order valence-corrected chi connectivity index (χ1v) is 31.4.